The Kier molecular flexibility index (Phi) is 4.24. The van der Waals surface area contributed by atoms with Crippen molar-refractivity contribution in [2.45, 2.75) is 25.7 Å². The van der Waals surface area contributed by atoms with Gasteiger partial charge in [-0.05, 0) is 31.7 Å². The smallest absolute Gasteiger partial charge is 0.308 e. The Morgan fingerprint density at radius 1 is 1.26 bits per heavy atom. The zero-order chi connectivity index (χ0) is 13.8. The van der Waals surface area contributed by atoms with Crippen LogP contribution in [0.25, 0.3) is 0 Å². The van der Waals surface area contributed by atoms with Crippen LogP contribution in [0.3, 0.4) is 0 Å². The summed E-state index contributed by atoms with van der Waals surface area (Å²) in [5.41, 5.74) is 0.0940. The number of rotatable bonds is 3. The number of hydrogen-bond donors (Lipinski definition) is 0. The van der Waals surface area contributed by atoms with E-state index >= 15 is 0 Å². The monoisotopic (exact) mass is 265 g/mol. The molecule has 0 saturated heterocycles. The third-order valence-electron chi connectivity index (χ3n) is 3.67. The van der Waals surface area contributed by atoms with Gasteiger partial charge in [-0.1, -0.05) is 0 Å². The molecule has 1 heterocycles. The third-order valence-corrected chi connectivity index (χ3v) is 3.67. The maximum atomic E-state index is 13.5. The molecule has 1 fully saturated rings. The van der Waals surface area contributed by atoms with E-state index in [1.807, 2.05) is 0 Å². The number of ether oxygens (including phenoxy) is 1. The SMILES string of the molecule is COC(=O)C1CCC(C(=O)c2ccncc2F)CC1. The summed E-state index contributed by atoms with van der Waals surface area (Å²) in [6, 6.07) is 1.41. The lowest BCUT2D eigenvalue weighted by Gasteiger charge is -2.25. The maximum Gasteiger partial charge on any atom is 0.308 e. The Morgan fingerprint density at radius 2 is 1.89 bits per heavy atom. The van der Waals surface area contributed by atoms with E-state index in [0.717, 1.165) is 6.20 Å². The normalized spacial score (nSPS) is 22.8. The Hall–Kier alpha value is -1.78. The number of Topliss-reactive ketones (excluding diaryl/α,β-unsaturated/α-hetero) is 1. The van der Waals surface area contributed by atoms with Gasteiger partial charge in [0.25, 0.3) is 0 Å². The number of nitrogens with zero attached hydrogens (tertiary/aromatic N) is 1. The van der Waals surface area contributed by atoms with Crippen LogP contribution in [0.1, 0.15) is 36.0 Å². The first-order valence-corrected chi connectivity index (χ1v) is 6.35. The number of methoxy groups -OCH3 is 1. The van der Waals surface area contributed by atoms with Crippen LogP contribution < -0.4 is 0 Å². The average molecular weight is 265 g/mol. The Balaban J connectivity index is 2.00. The van der Waals surface area contributed by atoms with Crippen molar-refractivity contribution in [2.75, 3.05) is 7.11 Å². The summed E-state index contributed by atoms with van der Waals surface area (Å²) >= 11 is 0. The average Bonchev–Trinajstić information content (AvgIpc) is 2.46. The Labute approximate surface area is 111 Å². The molecule has 0 unspecified atom stereocenters. The molecule has 19 heavy (non-hydrogen) atoms. The van der Waals surface area contributed by atoms with Crippen LogP contribution in [0.4, 0.5) is 4.39 Å². The summed E-state index contributed by atoms with van der Waals surface area (Å²) in [5.74, 6) is -1.33. The number of pyridine rings is 1. The number of esters is 1. The van der Waals surface area contributed by atoms with E-state index in [1.165, 1.54) is 19.4 Å². The van der Waals surface area contributed by atoms with Gasteiger partial charge in [0, 0.05) is 12.1 Å². The van der Waals surface area contributed by atoms with Crippen molar-refractivity contribution in [3.8, 4) is 0 Å². The number of aromatic nitrogens is 1. The molecule has 0 bridgehead atoms. The first-order valence-electron chi connectivity index (χ1n) is 6.35. The highest BCUT2D eigenvalue weighted by Gasteiger charge is 2.31. The molecule has 0 N–H and O–H groups in total. The molecule has 1 aromatic rings. The van der Waals surface area contributed by atoms with Gasteiger partial charge in [0.2, 0.25) is 0 Å². The first-order chi connectivity index (χ1) is 9.13. The molecule has 2 rings (SSSR count). The van der Waals surface area contributed by atoms with Crippen LogP contribution in [-0.4, -0.2) is 23.8 Å². The fourth-order valence-electron chi connectivity index (χ4n) is 2.55. The maximum absolute atomic E-state index is 13.5. The minimum atomic E-state index is -0.581. The van der Waals surface area contributed by atoms with Gasteiger partial charge in [0.05, 0.1) is 24.8 Å². The summed E-state index contributed by atoms with van der Waals surface area (Å²) in [4.78, 5) is 27.2. The van der Waals surface area contributed by atoms with Crippen LogP contribution in [-0.2, 0) is 9.53 Å². The lowest BCUT2D eigenvalue weighted by Crippen LogP contribution is -2.27. The van der Waals surface area contributed by atoms with Crippen LogP contribution in [0.2, 0.25) is 0 Å². The van der Waals surface area contributed by atoms with Gasteiger partial charge in [0.15, 0.2) is 11.6 Å². The first kappa shape index (κ1) is 13.6. The van der Waals surface area contributed by atoms with E-state index < -0.39 is 5.82 Å². The van der Waals surface area contributed by atoms with Crippen molar-refractivity contribution >= 4 is 11.8 Å². The summed E-state index contributed by atoms with van der Waals surface area (Å²) in [5, 5.41) is 0. The lowest BCUT2D eigenvalue weighted by atomic mass is 9.78. The highest BCUT2D eigenvalue weighted by atomic mass is 19.1. The van der Waals surface area contributed by atoms with Crippen LogP contribution >= 0.6 is 0 Å². The predicted molar refractivity (Wildman–Crippen MR) is 66.0 cm³/mol. The molecule has 0 aromatic carbocycles. The number of hydrogen-bond acceptors (Lipinski definition) is 4. The minimum Gasteiger partial charge on any atom is -0.469 e. The van der Waals surface area contributed by atoms with Crippen molar-refractivity contribution in [2.24, 2.45) is 11.8 Å². The third kappa shape index (κ3) is 2.97. The Morgan fingerprint density at radius 3 is 2.47 bits per heavy atom. The van der Waals surface area contributed by atoms with Gasteiger partial charge in [-0.3, -0.25) is 14.6 Å². The number of ketones is 1. The topological polar surface area (TPSA) is 56.3 Å². The highest BCUT2D eigenvalue weighted by molar-refractivity contribution is 5.98. The van der Waals surface area contributed by atoms with Crippen molar-refractivity contribution in [3.63, 3.8) is 0 Å². The van der Waals surface area contributed by atoms with Crippen molar-refractivity contribution in [1.29, 1.82) is 0 Å². The quantitative estimate of drug-likeness (QED) is 0.622. The predicted octanol–water partition coefficient (Wildman–Crippen LogP) is 2.38. The molecule has 0 atom stereocenters. The van der Waals surface area contributed by atoms with Gasteiger partial charge >= 0.3 is 5.97 Å². The fraction of sp³-hybridized carbons (Fsp3) is 0.500. The molecule has 0 radical (unpaired) electrons. The summed E-state index contributed by atoms with van der Waals surface area (Å²) < 4.78 is 18.2. The summed E-state index contributed by atoms with van der Waals surface area (Å²) in [7, 11) is 1.37. The van der Waals surface area contributed by atoms with E-state index in [4.69, 9.17) is 4.74 Å². The zero-order valence-electron chi connectivity index (χ0n) is 10.8. The van der Waals surface area contributed by atoms with Crippen molar-refractivity contribution in [3.05, 3.63) is 29.8 Å². The van der Waals surface area contributed by atoms with E-state index in [1.54, 1.807) is 0 Å². The molecule has 0 aliphatic heterocycles. The van der Waals surface area contributed by atoms with Crippen LogP contribution in [0.15, 0.2) is 18.5 Å². The molecule has 5 heteroatoms. The van der Waals surface area contributed by atoms with Gasteiger partial charge in [0.1, 0.15) is 0 Å². The molecule has 0 amide bonds. The second-order valence-corrected chi connectivity index (χ2v) is 4.79. The molecule has 0 spiro atoms. The molecule has 1 aliphatic carbocycles. The lowest BCUT2D eigenvalue weighted by molar-refractivity contribution is -0.146. The molecular weight excluding hydrogens is 249 g/mol. The zero-order valence-corrected chi connectivity index (χ0v) is 10.8. The van der Waals surface area contributed by atoms with Crippen LogP contribution in [0, 0.1) is 17.7 Å². The van der Waals surface area contributed by atoms with E-state index in [0.29, 0.717) is 25.7 Å². The minimum absolute atomic E-state index is 0.0940. The standard InChI is InChI=1S/C14H16FNO3/c1-19-14(18)10-4-2-9(3-5-10)13(17)11-6-7-16-8-12(11)15/h6-10H,2-5H2,1H3. The molecule has 1 aliphatic rings. The van der Waals surface area contributed by atoms with E-state index in [9.17, 15) is 14.0 Å². The molecule has 4 nitrogen and oxygen atoms in total. The summed E-state index contributed by atoms with van der Waals surface area (Å²) in [6.45, 7) is 0. The molecule has 1 saturated carbocycles. The molecule has 102 valence electrons. The van der Waals surface area contributed by atoms with Gasteiger partial charge in [-0.2, -0.15) is 0 Å². The fourth-order valence-corrected chi connectivity index (χ4v) is 2.55. The Bertz CT molecular complexity index is 481. The molecular formula is C14H16FNO3. The summed E-state index contributed by atoms with van der Waals surface area (Å²) in [6.07, 6.45) is 4.90. The van der Waals surface area contributed by atoms with Gasteiger partial charge in [-0.25, -0.2) is 4.39 Å². The van der Waals surface area contributed by atoms with Gasteiger partial charge < -0.3 is 4.74 Å². The van der Waals surface area contributed by atoms with E-state index in [-0.39, 0.29) is 29.2 Å². The largest absolute Gasteiger partial charge is 0.469 e. The van der Waals surface area contributed by atoms with Crippen LogP contribution in [0.5, 0.6) is 0 Å². The highest BCUT2D eigenvalue weighted by Crippen LogP contribution is 2.32. The van der Waals surface area contributed by atoms with Gasteiger partial charge in [-0.15, -0.1) is 0 Å². The number of carbonyl (C=O) groups excluding carboxylic acids is 2. The van der Waals surface area contributed by atoms with Crippen molar-refractivity contribution < 1.29 is 18.7 Å². The molecule has 1 aromatic heterocycles. The number of carbonyl (C=O) groups is 2. The van der Waals surface area contributed by atoms with E-state index in [2.05, 4.69) is 4.98 Å². The van der Waals surface area contributed by atoms with Crippen molar-refractivity contribution in [1.82, 2.24) is 4.98 Å². The number of halogens is 1. The second kappa shape index (κ2) is 5.91. The second-order valence-electron chi connectivity index (χ2n) is 4.79.